The van der Waals surface area contributed by atoms with Gasteiger partial charge in [-0.05, 0) is 22.6 Å². The Balaban J connectivity index is 1.88. The molecule has 0 saturated heterocycles. The number of hydrogen-bond donors (Lipinski definition) is 3. The molecule has 3 aromatic rings. The number of anilines is 2. The molecule has 1 heterocycles. The van der Waals surface area contributed by atoms with Crippen molar-refractivity contribution in [3.05, 3.63) is 76.6 Å². The third-order valence-corrected chi connectivity index (χ3v) is 4.82. The molecule has 1 unspecified atom stereocenters. The molecule has 4 N–H and O–H groups in total. The molecule has 0 aliphatic carbocycles. The number of aliphatic hydroxyl groups excluding tert-OH is 1. The molecule has 0 fully saturated rings. The Morgan fingerprint density at radius 2 is 1.85 bits per heavy atom. The van der Waals surface area contributed by atoms with Gasteiger partial charge in [0.15, 0.2) is 0 Å². The van der Waals surface area contributed by atoms with Gasteiger partial charge in [-0.25, -0.2) is 0 Å². The maximum Gasteiger partial charge on any atom is 0.0922 e. The summed E-state index contributed by atoms with van der Waals surface area (Å²) in [6.07, 6.45) is 3.52. The van der Waals surface area contributed by atoms with E-state index < -0.39 is 0 Å². The van der Waals surface area contributed by atoms with E-state index in [0.29, 0.717) is 12.2 Å². The molecule has 4 heteroatoms. The quantitative estimate of drug-likeness (QED) is 0.489. The molecule has 0 saturated carbocycles. The van der Waals surface area contributed by atoms with E-state index in [9.17, 15) is 5.11 Å². The van der Waals surface area contributed by atoms with Crippen LogP contribution in [0.4, 0.5) is 11.4 Å². The lowest BCUT2D eigenvalue weighted by atomic mass is 9.98. The van der Waals surface area contributed by atoms with Crippen LogP contribution in [-0.4, -0.2) is 10.1 Å². The highest BCUT2D eigenvalue weighted by Gasteiger charge is 2.09. The van der Waals surface area contributed by atoms with Gasteiger partial charge < -0.3 is 16.2 Å². The number of fused-ring (bicyclic) bond motifs is 1. The van der Waals surface area contributed by atoms with Gasteiger partial charge in [0.05, 0.1) is 17.1 Å². The van der Waals surface area contributed by atoms with Crippen LogP contribution >= 0.6 is 0 Å². The van der Waals surface area contributed by atoms with Crippen molar-refractivity contribution in [2.45, 2.75) is 19.4 Å². The van der Waals surface area contributed by atoms with E-state index in [2.05, 4.69) is 30.0 Å². The van der Waals surface area contributed by atoms with Crippen LogP contribution in [0.2, 0.25) is 0 Å². The van der Waals surface area contributed by atoms with E-state index >= 15 is 0 Å². The van der Waals surface area contributed by atoms with Gasteiger partial charge in [0.25, 0.3) is 0 Å². The zero-order valence-electron chi connectivity index (χ0n) is 14.9. The van der Waals surface area contributed by atoms with Crippen LogP contribution in [0.5, 0.6) is 0 Å². The summed E-state index contributed by atoms with van der Waals surface area (Å²) in [5.74, 6) is 0.0823. The number of pyridine rings is 1. The van der Waals surface area contributed by atoms with Gasteiger partial charge in [-0.15, -0.1) is 0 Å². The Bertz CT molecular complexity index is 1070. The number of aromatic nitrogens is 1. The smallest absolute Gasteiger partial charge is 0.0922 e. The zero-order chi connectivity index (χ0) is 18.8. The largest absolute Gasteiger partial charge is 0.512 e. The molecule has 2 aromatic carbocycles. The average Bonchev–Trinajstić information content (AvgIpc) is 2.66. The number of aliphatic hydroxyl groups is 1. The monoisotopic (exact) mass is 345 g/mol. The second kappa shape index (κ2) is 6.92. The molecule has 4 nitrogen and oxygen atoms in total. The first kappa shape index (κ1) is 17.5. The van der Waals surface area contributed by atoms with E-state index in [0.717, 1.165) is 38.0 Å². The van der Waals surface area contributed by atoms with Crippen LogP contribution in [0.1, 0.15) is 24.0 Å². The van der Waals surface area contributed by atoms with Gasteiger partial charge in [0.1, 0.15) is 0 Å². The summed E-state index contributed by atoms with van der Waals surface area (Å²) in [5, 5.41) is 16.4. The first-order valence-corrected chi connectivity index (χ1v) is 8.43. The van der Waals surface area contributed by atoms with Gasteiger partial charge >= 0.3 is 0 Å². The Hall–Kier alpha value is -3.27. The lowest BCUT2D eigenvalue weighted by Gasteiger charge is -2.14. The van der Waals surface area contributed by atoms with Gasteiger partial charge in [-0.2, -0.15) is 0 Å². The molecule has 0 amide bonds. The van der Waals surface area contributed by atoms with Crippen molar-refractivity contribution < 1.29 is 5.11 Å². The minimum Gasteiger partial charge on any atom is -0.512 e. The second-order valence-corrected chi connectivity index (χ2v) is 6.48. The minimum absolute atomic E-state index is 0.0826. The van der Waals surface area contributed by atoms with Crippen molar-refractivity contribution in [1.29, 1.82) is 0 Å². The van der Waals surface area contributed by atoms with E-state index in [-0.39, 0.29) is 11.7 Å². The summed E-state index contributed by atoms with van der Waals surface area (Å²) in [5.41, 5.74) is 9.80. The van der Waals surface area contributed by atoms with E-state index in [1.54, 1.807) is 12.4 Å². The van der Waals surface area contributed by atoms with Gasteiger partial charge in [0, 0.05) is 40.7 Å². The van der Waals surface area contributed by atoms with Crippen LogP contribution in [-0.2, 0) is 6.54 Å². The highest BCUT2D eigenvalue weighted by molar-refractivity contribution is 5.92. The van der Waals surface area contributed by atoms with Crippen LogP contribution in [0.25, 0.3) is 23.9 Å². The fourth-order valence-corrected chi connectivity index (χ4v) is 3.00. The molecular formula is C22H23N3O. The van der Waals surface area contributed by atoms with Crippen LogP contribution in [0, 0.1) is 0 Å². The zero-order valence-corrected chi connectivity index (χ0v) is 14.9. The Morgan fingerprint density at radius 3 is 2.50 bits per heavy atom. The minimum atomic E-state index is -0.0826. The van der Waals surface area contributed by atoms with Gasteiger partial charge in [0.2, 0.25) is 0 Å². The van der Waals surface area contributed by atoms with Crippen molar-refractivity contribution in [2.75, 3.05) is 11.1 Å². The first-order chi connectivity index (χ1) is 12.4. The standard InChI is InChI=1S/C22H23N3O/c1-13(16(4)26)18-7-5-17(6-8-18)11-25-22-15(3)20-12-24-10-9-19(20)14(2)21(22)23/h5-10,12-13,25-26H,2-4,11,23H2,1H3. The molecule has 0 aliphatic rings. The third-order valence-electron chi connectivity index (χ3n) is 4.82. The fourth-order valence-electron chi connectivity index (χ4n) is 3.00. The van der Waals surface area contributed by atoms with E-state index in [1.165, 1.54) is 0 Å². The predicted octanol–water partition coefficient (Wildman–Crippen LogP) is 3.42. The fraction of sp³-hybridized carbons (Fsp3) is 0.136. The number of nitrogens with zero attached hydrogens (tertiary/aromatic N) is 1. The lowest BCUT2D eigenvalue weighted by molar-refractivity contribution is 0.378. The van der Waals surface area contributed by atoms with Gasteiger partial charge in [-0.1, -0.05) is 50.9 Å². The average molecular weight is 345 g/mol. The SMILES string of the molecule is C=C(O)C(C)c1ccc(CNc2c(N)c(=C)c3ccncc3c2=C)cc1. The maximum absolute atomic E-state index is 9.53. The summed E-state index contributed by atoms with van der Waals surface area (Å²) in [6, 6.07) is 9.94. The van der Waals surface area contributed by atoms with Crippen LogP contribution in [0.3, 0.4) is 0 Å². The van der Waals surface area contributed by atoms with Gasteiger partial charge in [-0.3, -0.25) is 4.98 Å². The molecule has 0 bridgehead atoms. The molecule has 0 aliphatic heterocycles. The maximum atomic E-state index is 9.53. The summed E-state index contributed by atoms with van der Waals surface area (Å²) in [6.45, 7) is 14.4. The molecule has 0 radical (unpaired) electrons. The van der Waals surface area contributed by atoms with Crippen LogP contribution in [0.15, 0.2) is 55.1 Å². The highest BCUT2D eigenvalue weighted by Crippen LogP contribution is 2.21. The molecule has 1 aromatic heterocycles. The highest BCUT2D eigenvalue weighted by atomic mass is 16.3. The molecule has 0 spiro atoms. The number of nitrogen functional groups attached to an aromatic ring is 1. The number of rotatable bonds is 5. The number of allylic oxidation sites excluding steroid dienone is 1. The Kier molecular flexibility index (Phi) is 4.67. The van der Waals surface area contributed by atoms with Crippen molar-refractivity contribution in [3.8, 4) is 0 Å². The number of hydrogen-bond acceptors (Lipinski definition) is 4. The Labute approximate surface area is 153 Å². The molecule has 132 valence electrons. The molecule has 3 rings (SSSR count). The lowest BCUT2D eigenvalue weighted by Crippen LogP contribution is -2.21. The normalized spacial score (nSPS) is 12.0. The number of nitrogens with two attached hydrogens (primary N) is 1. The third kappa shape index (κ3) is 3.14. The van der Waals surface area contributed by atoms with E-state index in [1.807, 2.05) is 37.3 Å². The van der Waals surface area contributed by atoms with Crippen molar-refractivity contribution in [2.24, 2.45) is 0 Å². The van der Waals surface area contributed by atoms with E-state index in [4.69, 9.17) is 5.73 Å². The summed E-state index contributed by atoms with van der Waals surface area (Å²) >= 11 is 0. The molecule has 1 atom stereocenters. The van der Waals surface area contributed by atoms with Crippen LogP contribution < -0.4 is 21.5 Å². The van der Waals surface area contributed by atoms with Crippen molar-refractivity contribution in [3.63, 3.8) is 0 Å². The summed E-state index contributed by atoms with van der Waals surface area (Å²) in [7, 11) is 0. The molecular weight excluding hydrogens is 322 g/mol. The number of nitrogens with one attached hydrogen (secondary N) is 1. The van der Waals surface area contributed by atoms with Crippen molar-refractivity contribution in [1.82, 2.24) is 4.98 Å². The molecule has 26 heavy (non-hydrogen) atoms. The first-order valence-electron chi connectivity index (χ1n) is 8.43. The Morgan fingerprint density at radius 1 is 1.15 bits per heavy atom. The topological polar surface area (TPSA) is 71.2 Å². The summed E-state index contributed by atoms with van der Waals surface area (Å²) in [4.78, 5) is 4.18. The number of benzene rings is 2. The summed E-state index contributed by atoms with van der Waals surface area (Å²) < 4.78 is 0. The predicted molar refractivity (Wildman–Crippen MR) is 110 cm³/mol. The van der Waals surface area contributed by atoms with Crippen molar-refractivity contribution >= 4 is 35.3 Å². The second-order valence-electron chi connectivity index (χ2n) is 6.48.